The maximum atomic E-state index is 12.8. The molecule has 0 aliphatic carbocycles. The zero-order valence-corrected chi connectivity index (χ0v) is 14.9. The van der Waals surface area contributed by atoms with Crippen LogP contribution in [0.25, 0.3) is 0 Å². The van der Waals surface area contributed by atoms with Crippen molar-refractivity contribution in [2.45, 2.75) is 32.6 Å². The van der Waals surface area contributed by atoms with Crippen molar-refractivity contribution >= 4 is 23.3 Å². The molecule has 25 heavy (non-hydrogen) atoms. The number of nitrogens with one attached hydrogen (secondary N) is 2. The summed E-state index contributed by atoms with van der Waals surface area (Å²) in [5.41, 5.74) is 1.09. The molecule has 3 rings (SSSR count). The van der Waals surface area contributed by atoms with Crippen molar-refractivity contribution in [2.24, 2.45) is 0 Å². The number of anilines is 2. The number of pyridine rings is 1. The number of hydrogen-bond acceptors (Lipinski definition) is 5. The van der Waals surface area contributed by atoms with Crippen LogP contribution in [-0.4, -0.2) is 65.9 Å². The molecule has 0 atom stereocenters. The minimum atomic E-state index is -0.118. The molecule has 3 heterocycles. The van der Waals surface area contributed by atoms with Crippen molar-refractivity contribution in [3.63, 3.8) is 0 Å². The number of hydrogen-bond donors (Lipinski definition) is 2. The van der Waals surface area contributed by atoms with Crippen LogP contribution in [0.1, 0.15) is 43.0 Å². The summed E-state index contributed by atoms with van der Waals surface area (Å²) in [5, 5.41) is 5.70. The average Bonchev–Trinajstić information content (AvgIpc) is 2.90. The van der Waals surface area contributed by atoms with Crippen molar-refractivity contribution in [3.8, 4) is 0 Å². The molecule has 0 radical (unpaired) electrons. The predicted octanol–water partition coefficient (Wildman–Crippen LogP) is 1.78. The van der Waals surface area contributed by atoms with Gasteiger partial charge in [0.25, 0.3) is 5.91 Å². The maximum absolute atomic E-state index is 12.8. The van der Waals surface area contributed by atoms with E-state index in [2.05, 4.69) is 20.5 Å². The van der Waals surface area contributed by atoms with Gasteiger partial charge in [0.2, 0.25) is 5.91 Å². The van der Waals surface area contributed by atoms with Crippen LogP contribution >= 0.6 is 0 Å². The van der Waals surface area contributed by atoms with Gasteiger partial charge in [-0.2, -0.15) is 0 Å². The van der Waals surface area contributed by atoms with Crippen LogP contribution < -0.4 is 10.6 Å². The largest absolute Gasteiger partial charge is 0.359 e. The fraction of sp³-hybridized carbons (Fsp3) is 0.611. The van der Waals surface area contributed by atoms with E-state index in [1.807, 2.05) is 11.8 Å². The van der Waals surface area contributed by atoms with Crippen molar-refractivity contribution in [1.82, 2.24) is 14.8 Å². The summed E-state index contributed by atoms with van der Waals surface area (Å²) in [5.74, 6) is 0.462. The fourth-order valence-electron chi connectivity index (χ4n) is 3.38. The van der Waals surface area contributed by atoms with E-state index in [4.69, 9.17) is 0 Å². The Labute approximate surface area is 148 Å². The standard InChI is InChI=1S/C18H27N5O2/c1-2-23(10-9-22-7-5-3-4-6-8-22)18(25)14-11-15-17(19-12-14)20-13-16(24)21-15/h11-12H,2-10,13H2,1H3,(H,19,20)(H,21,24). The second kappa shape index (κ2) is 8.29. The first-order valence-corrected chi connectivity index (χ1v) is 9.23. The number of carbonyl (C=O) groups is 2. The van der Waals surface area contributed by atoms with Gasteiger partial charge in [0.05, 0.1) is 17.8 Å². The number of rotatable bonds is 5. The lowest BCUT2D eigenvalue weighted by Crippen LogP contribution is -2.39. The molecule has 0 bridgehead atoms. The zero-order chi connectivity index (χ0) is 17.6. The van der Waals surface area contributed by atoms with Crippen molar-refractivity contribution in [3.05, 3.63) is 17.8 Å². The molecule has 1 aromatic heterocycles. The van der Waals surface area contributed by atoms with E-state index in [0.717, 1.165) is 26.2 Å². The molecule has 1 fully saturated rings. The summed E-state index contributed by atoms with van der Waals surface area (Å²) in [7, 11) is 0. The Morgan fingerprint density at radius 1 is 1.28 bits per heavy atom. The SMILES string of the molecule is CCN(CCN1CCCCCC1)C(=O)c1cnc2c(c1)NC(=O)CN2. The molecular weight excluding hydrogens is 318 g/mol. The highest BCUT2D eigenvalue weighted by atomic mass is 16.2. The molecule has 2 aliphatic heterocycles. The van der Waals surface area contributed by atoms with Gasteiger partial charge in [0.1, 0.15) is 5.82 Å². The number of likely N-dealkylation sites (N-methyl/N-ethyl adjacent to an activating group) is 1. The lowest BCUT2D eigenvalue weighted by molar-refractivity contribution is -0.114. The van der Waals surface area contributed by atoms with Gasteiger partial charge < -0.3 is 20.4 Å². The van der Waals surface area contributed by atoms with Gasteiger partial charge in [0, 0.05) is 25.8 Å². The van der Waals surface area contributed by atoms with Crippen LogP contribution in [0.3, 0.4) is 0 Å². The molecule has 2 aliphatic rings. The second-order valence-electron chi connectivity index (χ2n) is 6.66. The highest BCUT2D eigenvalue weighted by Gasteiger charge is 2.20. The summed E-state index contributed by atoms with van der Waals surface area (Å²) in [6.45, 7) is 6.76. The van der Waals surface area contributed by atoms with Crippen LogP contribution in [0, 0.1) is 0 Å². The van der Waals surface area contributed by atoms with Gasteiger partial charge in [-0.1, -0.05) is 12.8 Å². The molecule has 1 aromatic rings. The summed E-state index contributed by atoms with van der Waals surface area (Å²) in [4.78, 5) is 32.9. The lowest BCUT2D eigenvalue weighted by Gasteiger charge is -2.26. The third kappa shape index (κ3) is 4.48. The molecule has 1 saturated heterocycles. The highest BCUT2D eigenvalue weighted by molar-refractivity contribution is 6.02. The minimum absolute atomic E-state index is 0.0348. The van der Waals surface area contributed by atoms with Crippen LogP contribution in [0.15, 0.2) is 12.3 Å². The molecule has 0 unspecified atom stereocenters. The molecule has 0 spiro atoms. The van der Waals surface area contributed by atoms with Gasteiger partial charge in [-0.15, -0.1) is 0 Å². The number of amides is 2. The fourth-order valence-corrected chi connectivity index (χ4v) is 3.38. The van der Waals surface area contributed by atoms with Crippen molar-refractivity contribution < 1.29 is 9.59 Å². The topological polar surface area (TPSA) is 77.6 Å². The van der Waals surface area contributed by atoms with Crippen molar-refractivity contribution in [2.75, 3.05) is 49.9 Å². The van der Waals surface area contributed by atoms with E-state index in [9.17, 15) is 9.59 Å². The van der Waals surface area contributed by atoms with Gasteiger partial charge in [0.15, 0.2) is 0 Å². The van der Waals surface area contributed by atoms with E-state index >= 15 is 0 Å². The molecule has 136 valence electrons. The summed E-state index contributed by atoms with van der Waals surface area (Å²) >= 11 is 0. The number of likely N-dealkylation sites (tertiary alicyclic amines) is 1. The smallest absolute Gasteiger partial charge is 0.255 e. The van der Waals surface area contributed by atoms with E-state index < -0.39 is 0 Å². The van der Waals surface area contributed by atoms with Crippen molar-refractivity contribution in [1.29, 1.82) is 0 Å². The first kappa shape index (κ1) is 17.7. The third-order valence-corrected chi connectivity index (χ3v) is 4.88. The number of nitrogens with zero attached hydrogens (tertiary/aromatic N) is 3. The molecule has 2 amide bonds. The first-order chi connectivity index (χ1) is 12.2. The molecular formula is C18H27N5O2. The highest BCUT2D eigenvalue weighted by Crippen LogP contribution is 2.23. The Balaban J connectivity index is 1.63. The van der Waals surface area contributed by atoms with Gasteiger partial charge in [-0.3, -0.25) is 9.59 Å². The summed E-state index contributed by atoms with van der Waals surface area (Å²) < 4.78 is 0. The van der Waals surface area contributed by atoms with Crippen LogP contribution in [0.2, 0.25) is 0 Å². The second-order valence-corrected chi connectivity index (χ2v) is 6.66. The van der Waals surface area contributed by atoms with Gasteiger partial charge >= 0.3 is 0 Å². The summed E-state index contributed by atoms with van der Waals surface area (Å²) in [6.07, 6.45) is 6.71. The molecule has 2 N–H and O–H groups in total. The number of fused-ring (bicyclic) bond motifs is 1. The normalized spacial score (nSPS) is 17.9. The Morgan fingerprint density at radius 3 is 2.76 bits per heavy atom. The Morgan fingerprint density at radius 2 is 2.04 bits per heavy atom. The van der Waals surface area contributed by atoms with Crippen LogP contribution in [0.4, 0.5) is 11.5 Å². The molecule has 0 aromatic carbocycles. The Kier molecular flexibility index (Phi) is 5.86. The average molecular weight is 345 g/mol. The van der Waals surface area contributed by atoms with Gasteiger partial charge in [-0.05, 0) is 38.9 Å². The van der Waals surface area contributed by atoms with Crippen LogP contribution in [-0.2, 0) is 4.79 Å². The quantitative estimate of drug-likeness (QED) is 0.851. The molecule has 7 heteroatoms. The maximum Gasteiger partial charge on any atom is 0.255 e. The Bertz CT molecular complexity index is 626. The van der Waals surface area contributed by atoms with E-state index in [1.54, 1.807) is 12.3 Å². The minimum Gasteiger partial charge on any atom is -0.359 e. The third-order valence-electron chi connectivity index (χ3n) is 4.88. The zero-order valence-electron chi connectivity index (χ0n) is 14.9. The number of carbonyl (C=O) groups excluding carboxylic acids is 2. The van der Waals surface area contributed by atoms with E-state index in [-0.39, 0.29) is 18.4 Å². The molecule has 0 saturated carbocycles. The monoisotopic (exact) mass is 345 g/mol. The molecule has 7 nitrogen and oxygen atoms in total. The lowest BCUT2D eigenvalue weighted by atomic mass is 10.2. The van der Waals surface area contributed by atoms with Crippen LogP contribution in [0.5, 0.6) is 0 Å². The summed E-state index contributed by atoms with van der Waals surface area (Å²) in [6, 6.07) is 1.71. The number of aromatic nitrogens is 1. The van der Waals surface area contributed by atoms with E-state index in [0.29, 0.717) is 23.6 Å². The van der Waals surface area contributed by atoms with Gasteiger partial charge in [-0.25, -0.2) is 4.98 Å². The van der Waals surface area contributed by atoms with E-state index in [1.165, 1.54) is 25.7 Å². The first-order valence-electron chi connectivity index (χ1n) is 9.23. The predicted molar refractivity (Wildman–Crippen MR) is 97.8 cm³/mol. The Hall–Kier alpha value is -2.15.